The fraction of sp³-hybridized carbons (Fsp3) is 0.250. The van der Waals surface area contributed by atoms with Gasteiger partial charge in [-0.2, -0.15) is 8.78 Å². The fourth-order valence-electron chi connectivity index (χ4n) is 1.59. The third-order valence-corrected chi connectivity index (χ3v) is 3.11. The molecule has 4 nitrogen and oxygen atoms in total. The molecule has 0 aliphatic heterocycles. The molecule has 0 amide bonds. The Morgan fingerprint density at radius 1 is 1.32 bits per heavy atom. The van der Waals surface area contributed by atoms with Gasteiger partial charge in [-0.15, -0.1) is 0 Å². The molecule has 1 aromatic heterocycles. The first-order valence-corrected chi connectivity index (χ1v) is 6.43. The number of thiazole rings is 1. The molecule has 0 spiro atoms. The maximum absolute atomic E-state index is 12.2. The number of aromatic amines is 1. The van der Waals surface area contributed by atoms with Gasteiger partial charge in [-0.25, -0.2) is 0 Å². The highest BCUT2D eigenvalue weighted by Crippen LogP contribution is 2.19. The van der Waals surface area contributed by atoms with Crippen LogP contribution in [0, 0.1) is 0 Å². The second-order valence-electron chi connectivity index (χ2n) is 3.76. The van der Waals surface area contributed by atoms with E-state index in [2.05, 4.69) is 15.0 Å². The summed E-state index contributed by atoms with van der Waals surface area (Å²) in [4.78, 5) is 13.5. The number of halogens is 2. The standard InChI is InChI=1S/C12H12F2N2O2S/c13-11(14)18-10-4-2-1-3-8(10)5-15-6-9-7-19-12(17)16-9/h1-4,7,11,15H,5-6H2,(H,16,17). The van der Waals surface area contributed by atoms with E-state index in [-0.39, 0.29) is 10.6 Å². The monoisotopic (exact) mass is 286 g/mol. The van der Waals surface area contributed by atoms with Crippen molar-refractivity contribution in [1.82, 2.24) is 10.3 Å². The van der Waals surface area contributed by atoms with Crippen LogP contribution in [0.4, 0.5) is 8.78 Å². The summed E-state index contributed by atoms with van der Waals surface area (Å²) in [6.45, 7) is -2.00. The van der Waals surface area contributed by atoms with E-state index >= 15 is 0 Å². The Balaban J connectivity index is 1.93. The lowest BCUT2D eigenvalue weighted by Gasteiger charge is -2.10. The molecule has 1 heterocycles. The molecule has 0 fully saturated rings. The summed E-state index contributed by atoms with van der Waals surface area (Å²) in [7, 11) is 0. The van der Waals surface area contributed by atoms with Crippen molar-refractivity contribution in [3.8, 4) is 5.75 Å². The Kier molecular flexibility index (Phi) is 4.64. The van der Waals surface area contributed by atoms with Crippen LogP contribution in [0.25, 0.3) is 0 Å². The van der Waals surface area contributed by atoms with Crippen molar-refractivity contribution in [2.24, 2.45) is 0 Å². The number of nitrogens with one attached hydrogen (secondary N) is 2. The average molecular weight is 286 g/mol. The molecular weight excluding hydrogens is 274 g/mol. The number of benzene rings is 1. The lowest BCUT2D eigenvalue weighted by Crippen LogP contribution is -2.15. The Morgan fingerprint density at radius 2 is 2.11 bits per heavy atom. The Morgan fingerprint density at radius 3 is 2.79 bits per heavy atom. The summed E-state index contributed by atoms with van der Waals surface area (Å²) in [5.41, 5.74) is 1.41. The van der Waals surface area contributed by atoms with E-state index < -0.39 is 6.61 Å². The van der Waals surface area contributed by atoms with Gasteiger partial charge in [-0.3, -0.25) is 4.79 Å². The van der Waals surface area contributed by atoms with Crippen molar-refractivity contribution in [2.45, 2.75) is 19.7 Å². The number of para-hydroxylation sites is 1. The van der Waals surface area contributed by atoms with Crippen molar-refractivity contribution in [3.05, 3.63) is 50.6 Å². The molecule has 7 heteroatoms. The van der Waals surface area contributed by atoms with Crippen molar-refractivity contribution in [3.63, 3.8) is 0 Å². The molecule has 0 saturated heterocycles. The minimum absolute atomic E-state index is 0.113. The van der Waals surface area contributed by atoms with Crippen molar-refractivity contribution in [2.75, 3.05) is 0 Å². The molecule has 2 rings (SSSR count). The molecule has 2 aromatic rings. The van der Waals surface area contributed by atoms with E-state index in [1.54, 1.807) is 23.6 Å². The number of H-pyrrole nitrogens is 1. The normalized spacial score (nSPS) is 10.9. The molecule has 1 aromatic carbocycles. The van der Waals surface area contributed by atoms with E-state index in [0.717, 1.165) is 17.0 Å². The van der Waals surface area contributed by atoms with E-state index in [0.29, 0.717) is 18.7 Å². The van der Waals surface area contributed by atoms with Crippen LogP contribution < -0.4 is 14.9 Å². The van der Waals surface area contributed by atoms with Crippen LogP contribution in [-0.4, -0.2) is 11.6 Å². The summed E-state index contributed by atoms with van der Waals surface area (Å²) in [5.74, 6) is 0.156. The maximum Gasteiger partial charge on any atom is 0.387 e. The molecule has 0 saturated carbocycles. The van der Waals surface area contributed by atoms with Gasteiger partial charge in [0, 0.05) is 29.7 Å². The minimum atomic E-state index is -2.84. The molecule has 0 atom stereocenters. The Labute approximate surface area is 112 Å². The quantitative estimate of drug-likeness (QED) is 0.857. The summed E-state index contributed by atoms with van der Waals surface area (Å²) in [5, 5.41) is 4.78. The van der Waals surface area contributed by atoms with Gasteiger partial charge in [0.25, 0.3) is 0 Å². The van der Waals surface area contributed by atoms with Crippen LogP contribution in [-0.2, 0) is 13.1 Å². The number of ether oxygens (including phenoxy) is 1. The molecular formula is C12H12F2N2O2S. The van der Waals surface area contributed by atoms with Crippen LogP contribution in [0.3, 0.4) is 0 Å². The van der Waals surface area contributed by atoms with Crippen LogP contribution in [0.5, 0.6) is 5.75 Å². The van der Waals surface area contributed by atoms with Gasteiger partial charge in [0.1, 0.15) is 5.75 Å². The molecule has 0 bridgehead atoms. The zero-order valence-electron chi connectivity index (χ0n) is 9.86. The molecule has 0 radical (unpaired) electrons. The van der Waals surface area contributed by atoms with Gasteiger partial charge in [0.15, 0.2) is 0 Å². The van der Waals surface area contributed by atoms with Crippen LogP contribution in [0.1, 0.15) is 11.3 Å². The average Bonchev–Trinajstić information content (AvgIpc) is 2.77. The zero-order valence-corrected chi connectivity index (χ0v) is 10.7. The summed E-state index contributed by atoms with van der Waals surface area (Å²) in [6, 6.07) is 6.59. The van der Waals surface area contributed by atoms with Gasteiger partial charge >= 0.3 is 11.5 Å². The van der Waals surface area contributed by atoms with Crippen LogP contribution >= 0.6 is 11.3 Å². The predicted octanol–water partition coefficient (Wildman–Crippen LogP) is 2.33. The molecule has 0 aliphatic rings. The van der Waals surface area contributed by atoms with Gasteiger partial charge in [0.2, 0.25) is 0 Å². The highest BCUT2D eigenvalue weighted by Gasteiger charge is 2.08. The first kappa shape index (κ1) is 13.7. The highest BCUT2D eigenvalue weighted by molar-refractivity contribution is 7.07. The van der Waals surface area contributed by atoms with Crippen molar-refractivity contribution >= 4 is 11.3 Å². The van der Waals surface area contributed by atoms with E-state index in [9.17, 15) is 13.6 Å². The van der Waals surface area contributed by atoms with Crippen LogP contribution in [0.2, 0.25) is 0 Å². The first-order valence-electron chi connectivity index (χ1n) is 5.55. The smallest absolute Gasteiger partial charge is 0.387 e. The van der Waals surface area contributed by atoms with Gasteiger partial charge < -0.3 is 15.0 Å². The molecule has 102 valence electrons. The summed E-state index contributed by atoms with van der Waals surface area (Å²) < 4.78 is 28.8. The fourth-order valence-corrected chi connectivity index (χ4v) is 2.17. The number of hydrogen-bond acceptors (Lipinski definition) is 4. The lowest BCUT2D eigenvalue weighted by atomic mass is 10.2. The van der Waals surface area contributed by atoms with Crippen LogP contribution in [0.15, 0.2) is 34.4 Å². The lowest BCUT2D eigenvalue weighted by molar-refractivity contribution is -0.0505. The van der Waals surface area contributed by atoms with Crippen molar-refractivity contribution < 1.29 is 13.5 Å². The van der Waals surface area contributed by atoms with Gasteiger partial charge in [-0.1, -0.05) is 29.5 Å². The SMILES string of the molecule is O=c1[nH]c(CNCc2ccccc2OC(F)F)cs1. The summed E-state index contributed by atoms with van der Waals surface area (Å²) >= 11 is 1.09. The Hall–Kier alpha value is -1.73. The minimum Gasteiger partial charge on any atom is -0.434 e. The van der Waals surface area contributed by atoms with Gasteiger partial charge in [0.05, 0.1) is 0 Å². The number of aromatic nitrogens is 1. The van der Waals surface area contributed by atoms with E-state index in [4.69, 9.17) is 0 Å². The summed E-state index contributed by atoms with van der Waals surface area (Å²) in [6.07, 6.45) is 0. The topological polar surface area (TPSA) is 54.1 Å². The van der Waals surface area contributed by atoms with Crippen molar-refractivity contribution in [1.29, 1.82) is 0 Å². The largest absolute Gasteiger partial charge is 0.434 e. The number of hydrogen-bond donors (Lipinski definition) is 2. The molecule has 0 unspecified atom stereocenters. The van der Waals surface area contributed by atoms with E-state index in [1.165, 1.54) is 6.07 Å². The first-order chi connectivity index (χ1) is 9.15. The third-order valence-electron chi connectivity index (χ3n) is 2.39. The second-order valence-corrected chi connectivity index (χ2v) is 4.61. The molecule has 2 N–H and O–H groups in total. The number of rotatable bonds is 6. The second kappa shape index (κ2) is 6.44. The van der Waals surface area contributed by atoms with E-state index in [1.807, 2.05) is 0 Å². The molecule has 0 aliphatic carbocycles. The maximum atomic E-state index is 12.2. The van der Waals surface area contributed by atoms with Gasteiger partial charge in [-0.05, 0) is 6.07 Å². The molecule has 19 heavy (non-hydrogen) atoms. The Bertz CT molecular complexity index is 583. The predicted molar refractivity (Wildman–Crippen MR) is 68.6 cm³/mol. The number of alkyl halides is 2. The highest BCUT2D eigenvalue weighted by atomic mass is 32.1. The zero-order chi connectivity index (χ0) is 13.7. The third kappa shape index (κ3) is 4.15.